The molecule has 0 spiro atoms. The van der Waals surface area contributed by atoms with Crippen molar-refractivity contribution in [1.29, 1.82) is 0 Å². The third-order valence-corrected chi connectivity index (χ3v) is 8.06. The third kappa shape index (κ3) is 6.57. The highest BCUT2D eigenvalue weighted by atomic mass is 16.5. The van der Waals surface area contributed by atoms with Gasteiger partial charge in [-0.2, -0.15) is 0 Å². The zero-order valence-electron chi connectivity index (χ0n) is 23.8. The molecule has 2 fully saturated rings. The van der Waals surface area contributed by atoms with Crippen LogP contribution in [0, 0.1) is 23.2 Å². The maximum Gasteiger partial charge on any atom is 0.320 e. The van der Waals surface area contributed by atoms with E-state index in [2.05, 4.69) is 26.1 Å². The molecule has 1 saturated carbocycles. The fraction of sp³-hybridized carbons (Fsp3) is 0.700. The Morgan fingerprint density at radius 3 is 2.64 bits per heavy atom. The van der Waals surface area contributed by atoms with Crippen LogP contribution in [0.3, 0.4) is 0 Å². The summed E-state index contributed by atoms with van der Waals surface area (Å²) in [5, 5.41) is 2.93. The Labute approximate surface area is 231 Å². The molecule has 1 saturated heterocycles. The van der Waals surface area contributed by atoms with E-state index in [1.54, 1.807) is 17.2 Å². The molecular weight excluding hydrogens is 500 g/mol. The van der Waals surface area contributed by atoms with E-state index in [0.717, 1.165) is 32.3 Å². The molecule has 3 aliphatic rings. The van der Waals surface area contributed by atoms with Gasteiger partial charge in [0.05, 0.1) is 32.1 Å². The number of unbranched alkanes of at least 4 members (excludes halogenated alkanes) is 1. The van der Waals surface area contributed by atoms with E-state index in [-0.39, 0.29) is 49.1 Å². The monoisotopic (exact) mass is 544 g/mol. The molecule has 4 rings (SSSR count). The predicted octanol–water partition coefficient (Wildman–Crippen LogP) is 4.22. The van der Waals surface area contributed by atoms with E-state index in [1.165, 1.54) is 7.11 Å². The first-order valence-corrected chi connectivity index (χ1v) is 14.5. The summed E-state index contributed by atoms with van der Waals surface area (Å²) in [4.78, 5) is 42.3. The van der Waals surface area contributed by atoms with Crippen molar-refractivity contribution in [3.05, 3.63) is 35.9 Å². The molecule has 2 amide bonds. The molecule has 1 aromatic rings. The lowest BCUT2D eigenvalue weighted by Gasteiger charge is -2.52. The standard InChI is InChI=1S/C30H44N2O7/c1-5-6-13-37-14-8-12-31-26(33)16-22-18-30(29(35)36-4)25(32(28(22)34)19-23-9-7-15-38-23)17-24(20(2)3)39-27(30)21-10-11-21/h7,9,15,17,20-22,24,27H,5-6,8,10-14,16,18-19H2,1-4H3,(H,31,33)/t22-,24+,27+,30+/m0/s1. The zero-order valence-corrected chi connectivity index (χ0v) is 23.8. The zero-order chi connectivity index (χ0) is 28.0. The topological polar surface area (TPSA) is 107 Å². The lowest BCUT2D eigenvalue weighted by atomic mass is 9.64. The van der Waals surface area contributed by atoms with Crippen LogP contribution in [0.5, 0.6) is 0 Å². The average Bonchev–Trinajstić information content (AvgIpc) is 3.64. The van der Waals surface area contributed by atoms with Gasteiger partial charge in [0.2, 0.25) is 11.8 Å². The summed E-state index contributed by atoms with van der Waals surface area (Å²) in [6.45, 7) is 8.20. The van der Waals surface area contributed by atoms with Gasteiger partial charge in [0, 0.05) is 37.8 Å². The van der Waals surface area contributed by atoms with Crippen molar-refractivity contribution in [3.63, 3.8) is 0 Å². The van der Waals surface area contributed by atoms with Gasteiger partial charge in [-0.15, -0.1) is 0 Å². The second-order valence-electron chi connectivity index (χ2n) is 11.4. The number of hydrogen-bond acceptors (Lipinski definition) is 7. The van der Waals surface area contributed by atoms with Gasteiger partial charge in [-0.3, -0.25) is 14.4 Å². The van der Waals surface area contributed by atoms with Gasteiger partial charge in [-0.1, -0.05) is 27.2 Å². The lowest BCUT2D eigenvalue weighted by Crippen LogP contribution is -2.61. The Hall–Kier alpha value is -2.65. The Morgan fingerprint density at radius 2 is 2.00 bits per heavy atom. The number of ether oxygens (including phenoxy) is 3. The van der Waals surface area contributed by atoms with Crippen molar-refractivity contribution in [1.82, 2.24) is 10.2 Å². The molecule has 9 nitrogen and oxygen atoms in total. The lowest BCUT2D eigenvalue weighted by molar-refractivity contribution is -0.182. The highest BCUT2D eigenvalue weighted by molar-refractivity contribution is 5.92. The van der Waals surface area contributed by atoms with Crippen LogP contribution in [0.2, 0.25) is 0 Å². The fourth-order valence-corrected chi connectivity index (χ4v) is 5.82. The van der Waals surface area contributed by atoms with E-state index < -0.39 is 23.4 Å². The minimum atomic E-state index is -1.17. The Morgan fingerprint density at radius 1 is 1.23 bits per heavy atom. The molecule has 0 unspecified atom stereocenters. The second-order valence-corrected chi connectivity index (χ2v) is 11.4. The SMILES string of the molecule is CCCCOCCCNC(=O)C[C@H]1C[C@@]2(C(=O)OC)C(=C[C@H](C(C)C)O[C@@H]2C2CC2)N(Cc2ccco2)C1=O. The summed E-state index contributed by atoms with van der Waals surface area (Å²) in [6.07, 6.45) is 7.71. The number of rotatable bonds is 14. The first-order valence-electron chi connectivity index (χ1n) is 14.5. The number of fused-ring (bicyclic) bond motifs is 1. The molecule has 216 valence electrons. The molecule has 0 radical (unpaired) electrons. The maximum absolute atomic E-state index is 14.0. The van der Waals surface area contributed by atoms with Crippen LogP contribution >= 0.6 is 0 Å². The van der Waals surface area contributed by atoms with Crippen molar-refractivity contribution >= 4 is 17.8 Å². The summed E-state index contributed by atoms with van der Waals surface area (Å²) in [5.41, 5.74) is -0.543. The first kappa shape index (κ1) is 29.3. The van der Waals surface area contributed by atoms with Crippen LogP contribution in [0.1, 0.15) is 71.5 Å². The van der Waals surface area contributed by atoms with E-state index >= 15 is 0 Å². The van der Waals surface area contributed by atoms with Crippen molar-refractivity contribution < 1.29 is 33.0 Å². The number of furan rings is 1. The number of carbonyl (C=O) groups is 3. The molecule has 3 heterocycles. The largest absolute Gasteiger partial charge is 0.468 e. The number of carbonyl (C=O) groups excluding carboxylic acids is 3. The maximum atomic E-state index is 14.0. The number of esters is 1. The summed E-state index contributed by atoms with van der Waals surface area (Å²) >= 11 is 0. The summed E-state index contributed by atoms with van der Waals surface area (Å²) < 4.78 is 23.2. The molecule has 0 aromatic carbocycles. The molecule has 1 N–H and O–H groups in total. The van der Waals surface area contributed by atoms with Gasteiger partial charge in [-0.05, 0) is 62.1 Å². The molecule has 1 aromatic heterocycles. The molecule has 39 heavy (non-hydrogen) atoms. The molecule has 0 bridgehead atoms. The highest BCUT2D eigenvalue weighted by Crippen LogP contribution is 2.56. The van der Waals surface area contributed by atoms with Crippen LogP contribution in [0.25, 0.3) is 0 Å². The number of nitrogens with one attached hydrogen (secondary N) is 1. The second kappa shape index (κ2) is 13.1. The quantitative estimate of drug-likeness (QED) is 0.276. The van der Waals surface area contributed by atoms with Crippen LogP contribution in [0.4, 0.5) is 0 Å². The minimum Gasteiger partial charge on any atom is -0.468 e. The molecular formula is C30H44N2O7. The van der Waals surface area contributed by atoms with E-state index in [4.69, 9.17) is 18.6 Å². The molecule has 2 aliphatic heterocycles. The van der Waals surface area contributed by atoms with Crippen LogP contribution in [0.15, 0.2) is 34.6 Å². The first-order chi connectivity index (χ1) is 18.8. The van der Waals surface area contributed by atoms with Gasteiger partial charge >= 0.3 is 5.97 Å². The molecule has 4 atom stereocenters. The number of nitrogens with zero attached hydrogens (tertiary/aromatic N) is 1. The van der Waals surface area contributed by atoms with Gasteiger partial charge in [0.25, 0.3) is 0 Å². The Bertz CT molecular complexity index is 1020. The molecule has 9 heteroatoms. The van der Waals surface area contributed by atoms with Crippen molar-refractivity contribution in [2.24, 2.45) is 23.2 Å². The van der Waals surface area contributed by atoms with E-state index in [0.29, 0.717) is 31.0 Å². The summed E-state index contributed by atoms with van der Waals surface area (Å²) in [6, 6.07) is 3.58. The van der Waals surface area contributed by atoms with E-state index in [1.807, 2.05) is 12.1 Å². The van der Waals surface area contributed by atoms with Crippen LogP contribution in [-0.4, -0.2) is 61.8 Å². The van der Waals surface area contributed by atoms with Gasteiger partial charge in [-0.25, -0.2) is 0 Å². The smallest absolute Gasteiger partial charge is 0.320 e. The van der Waals surface area contributed by atoms with Crippen LogP contribution < -0.4 is 5.32 Å². The summed E-state index contributed by atoms with van der Waals surface area (Å²) in [7, 11) is 1.38. The normalized spacial score (nSPS) is 26.8. The van der Waals surface area contributed by atoms with Gasteiger partial charge < -0.3 is 28.8 Å². The van der Waals surface area contributed by atoms with Crippen molar-refractivity contribution in [2.45, 2.75) is 84.5 Å². The number of amides is 2. The molecule has 1 aliphatic carbocycles. The van der Waals surface area contributed by atoms with Gasteiger partial charge in [0.15, 0.2) is 0 Å². The van der Waals surface area contributed by atoms with Crippen molar-refractivity contribution in [2.75, 3.05) is 26.9 Å². The number of piperidine rings is 1. The minimum absolute atomic E-state index is 0.0127. The average molecular weight is 545 g/mol. The van der Waals surface area contributed by atoms with Crippen molar-refractivity contribution in [3.8, 4) is 0 Å². The van der Waals surface area contributed by atoms with Gasteiger partial charge in [0.1, 0.15) is 11.2 Å². The number of likely N-dealkylation sites (tertiary alicyclic amines) is 1. The van der Waals surface area contributed by atoms with Crippen LogP contribution in [-0.2, 0) is 35.1 Å². The Kier molecular flexibility index (Phi) is 9.88. The van der Waals surface area contributed by atoms with E-state index in [9.17, 15) is 14.4 Å². The highest BCUT2D eigenvalue weighted by Gasteiger charge is 2.64. The Balaban J connectivity index is 1.59. The third-order valence-electron chi connectivity index (χ3n) is 8.06. The number of hydrogen-bond donors (Lipinski definition) is 1. The predicted molar refractivity (Wildman–Crippen MR) is 144 cm³/mol. The fourth-order valence-electron chi connectivity index (χ4n) is 5.82. The summed E-state index contributed by atoms with van der Waals surface area (Å²) in [5.74, 6) is -0.552. The number of methoxy groups -OCH3 is 1.